The predicted molar refractivity (Wildman–Crippen MR) is 95.6 cm³/mol. The first-order chi connectivity index (χ1) is 7.41. The van der Waals surface area contributed by atoms with Crippen molar-refractivity contribution >= 4 is 17.2 Å². The Kier molecular flexibility index (Phi) is 11.9. The summed E-state index contributed by atoms with van der Waals surface area (Å²) >= 11 is 0. The van der Waals surface area contributed by atoms with Gasteiger partial charge in [0.25, 0.3) is 0 Å². The molecular formula is C16H38P2Pd. The maximum Gasteiger partial charge on any atom is 0 e. The van der Waals surface area contributed by atoms with Gasteiger partial charge in [-0.1, -0.05) is 83.1 Å². The zero-order valence-corrected chi connectivity index (χ0v) is 18.9. The van der Waals surface area contributed by atoms with Crippen LogP contribution in [0.25, 0.3) is 0 Å². The Balaban J connectivity index is -0.000000256. The summed E-state index contributed by atoms with van der Waals surface area (Å²) < 4.78 is 0. The van der Waals surface area contributed by atoms with Crippen LogP contribution in [-0.4, -0.2) is 20.6 Å². The van der Waals surface area contributed by atoms with Gasteiger partial charge in [-0.3, -0.25) is 0 Å². The first-order valence-electron chi connectivity index (χ1n) is 7.00. The van der Waals surface area contributed by atoms with E-state index in [2.05, 4.69) is 83.1 Å². The Labute approximate surface area is 141 Å². The second kappa shape index (κ2) is 8.84. The van der Waals surface area contributed by atoms with E-state index < -0.39 is 0 Å². The molecule has 0 aliphatic rings. The molecule has 19 heavy (non-hydrogen) atoms. The fourth-order valence-corrected chi connectivity index (χ4v) is 6.75. The van der Waals surface area contributed by atoms with E-state index in [0.29, 0.717) is 20.6 Å². The Morgan fingerprint density at radius 2 is 0.474 bits per heavy atom. The van der Waals surface area contributed by atoms with Crippen LogP contribution in [0.5, 0.6) is 0 Å². The summed E-state index contributed by atoms with van der Waals surface area (Å²) in [6, 6.07) is 0. The zero-order valence-electron chi connectivity index (χ0n) is 15.3. The van der Waals surface area contributed by atoms with E-state index in [-0.39, 0.29) is 20.4 Å². The molecule has 0 amide bonds. The molecule has 0 unspecified atom stereocenters. The van der Waals surface area contributed by atoms with E-state index in [4.69, 9.17) is 0 Å². The SMILES string of the molecule is CC(C)(C)PC(C)(C)C.CC(C)(C)PC(C)(C)C.[Pd]. The Morgan fingerprint density at radius 3 is 0.474 bits per heavy atom. The van der Waals surface area contributed by atoms with Gasteiger partial charge in [-0.15, -0.1) is 17.2 Å². The number of rotatable bonds is 0. The summed E-state index contributed by atoms with van der Waals surface area (Å²) in [5.41, 5.74) is 0. The van der Waals surface area contributed by atoms with Crippen LogP contribution in [0, 0.1) is 0 Å². The molecule has 0 saturated carbocycles. The zero-order chi connectivity index (χ0) is 15.4. The van der Waals surface area contributed by atoms with Crippen molar-refractivity contribution in [2.24, 2.45) is 0 Å². The second-order valence-electron chi connectivity index (χ2n) is 9.25. The predicted octanol–water partition coefficient (Wildman–Crippen LogP) is 6.52. The summed E-state index contributed by atoms with van der Waals surface area (Å²) in [6.07, 6.45) is 0. The molecule has 0 rings (SSSR count). The molecule has 0 nitrogen and oxygen atoms in total. The molecule has 0 bridgehead atoms. The summed E-state index contributed by atoms with van der Waals surface area (Å²) in [4.78, 5) is 0. The van der Waals surface area contributed by atoms with E-state index in [1.54, 1.807) is 0 Å². The van der Waals surface area contributed by atoms with Gasteiger partial charge < -0.3 is 0 Å². The van der Waals surface area contributed by atoms with Crippen LogP contribution in [0.1, 0.15) is 83.1 Å². The molecule has 0 aromatic rings. The number of hydrogen-bond donors (Lipinski definition) is 0. The van der Waals surface area contributed by atoms with Crippen molar-refractivity contribution in [3.63, 3.8) is 0 Å². The molecule has 0 aliphatic heterocycles. The van der Waals surface area contributed by atoms with Crippen molar-refractivity contribution in [3.8, 4) is 0 Å². The van der Waals surface area contributed by atoms with Gasteiger partial charge in [-0.25, -0.2) is 0 Å². The summed E-state index contributed by atoms with van der Waals surface area (Å²) in [6.45, 7) is 27.6. The van der Waals surface area contributed by atoms with Crippen molar-refractivity contribution in [2.45, 2.75) is 104 Å². The first kappa shape index (κ1) is 25.5. The van der Waals surface area contributed by atoms with Gasteiger partial charge >= 0.3 is 0 Å². The van der Waals surface area contributed by atoms with Crippen LogP contribution < -0.4 is 0 Å². The molecule has 3 heteroatoms. The minimum absolute atomic E-state index is 0. The summed E-state index contributed by atoms with van der Waals surface area (Å²) in [5.74, 6) is 0. The minimum atomic E-state index is 0. The first-order valence-corrected chi connectivity index (χ1v) is 9.00. The molecule has 122 valence electrons. The van der Waals surface area contributed by atoms with Gasteiger partial charge in [-0.2, -0.15) is 0 Å². The standard InChI is InChI=1S/2C8H19P.Pd/c2*1-7(2,3)9-8(4,5)6;/h2*9H,1-6H3;. The molecule has 0 aliphatic carbocycles. The average molecular weight is 399 g/mol. The molecule has 0 radical (unpaired) electrons. The third kappa shape index (κ3) is 32.8. The Bertz CT molecular complexity index is 171. The fourth-order valence-electron chi connectivity index (χ4n) is 2.25. The van der Waals surface area contributed by atoms with Crippen molar-refractivity contribution in [1.29, 1.82) is 0 Å². The molecule has 0 aromatic heterocycles. The third-order valence-electron chi connectivity index (χ3n) is 1.50. The van der Waals surface area contributed by atoms with Gasteiger partial charge in [0.15, 0.2) is 0 Å². The molecular weight excluding hydrogens is 361 g/mol. The number of hydrogen-bond acceptors (Lipinski definition) is 0. The van der Waals surface area contributed by atoms with Crippen LogP contribution in [-0.2, 0) is 20.4 Å². The van der Waals surface area contributed by atoms with Crippen molar-refractivity contribution < 1.29 is 20.4 Å². The van der Waals surface area contributed by atoms with Crippen LogP contribution >= 0.6 is 17.2 Å². The topological polar surface area (TPSA) is 0 Å². The van der Waals surface area contributed by atoms with E-state index in [9.17, 15) is 0 Å². The van der Waals surface area contributed by atoms with Crippen LogP contribution in [0.15, 0.2) is 0 Å². The van der Waals surface area contributed by atoms with Crippen molar-refractivity contribution in [1.82, 2.24) is 0 Å². The van der Waals surface area contributed by atoms with E-state index >= 15 is 0 Å². The van der Waals surface area contributed by atoms with Gasteiger partial charge in [0.2, 0.25) is 0 Å². The normalized spacial score (nSPS) is 13.3. The van der Waals surface area contributed by atoms with Gasteiger partial charge in [0.05, 0.1) is 0 Å². The molecule has 0 heterocycles. The molecule has 0 spiro atoms. The van der Waals surface area contributed by atoms with E-state index in [1.807, 2.05) is 0 Å². The van der Waals surface area contributed by atoms with E-state index in [0.717, 1.165) is 17.2 Å². The summed E-state index contributed by atoms with van der Waals surface area (Å²) in [7, 11) is 2.10. The Morgan fingerprint density at radius 1 is 0.368 bits per heavy atom. The quantitative estimate of drug-likeness (QED) is 0.322. The summed E-state index contributed by atoms with van der Waals surface area (Å²) in [5, 5.41) is 2.05. The minimum Gasteiger partial charge on any atom is -0.111 e. The molecule has 0 saturated heterocycles. The van der Waals surface area contributed by atoms with E-state index in [1.165, 1.54) is 0 Å². The largest absolute Gasteiger partial charge is 0.111 e. The Hall–Kier alpha value is 1.52. The molecule has 0 N–H and O–H groups in total. The van der Waals surface area contributed by atoms with Gasteiger partial charge in [-0.05, 0) is 20.6 Å². The van der Waals surface area contributed by atoms with Gasteiger partial charge in [0.1, 0.15) is 0 Å². The molecule has 0 aromatic carbocycles. The maximum atomic E-state index is 2.30. The average Bonchev–Trinajstić information content (AvgIpc) is 1.64. The molecule has 0 fully saturated rings. The van der Waals surface area contributed by atoms with Crippen LogP contribution in [0.3, 0.4) is 0 Å². The van der Waals surface area contributed by atoms with Crippen LogP contribution in [0.4, 0.5) is 0 Å². The van der Waals surface area contributed by atoms with Crippen molar-refractivity contribution in [3.05, 3.63) is 0 Å². The maximum absolute atomic E-state index is 2.30. The van der Waals surface area contributed by atoms with Gasteiger partial charge in [0, 0.05) is 20.4 Å². The molecule has 0 atom stereocenters. The third-order valence-corrected chi connectivity index (χ3v) is 4.50. The fraction of sp³-hybridized carbons (Fsp3) is 1.00. The van der Waals surface area contributed by atoms with Crippen molar-refractivity contribution in [2.75, 3.05) is 0 Å². The second-order valence-corrected chi connectivity index (χ2v) is 15.8. The monoisotopic (exact) mass is 398 g/mol. The smallest absolute Gasteiger partial charge is 0 e. The van der Waals surface area contributed by atoms with Crippen LogP contribution in [0.2, 0.25) is 0 Å².